The first-order valence-electron chi connectivity index (χ1n) is 6.89. The molecular weight excluding hydrogens is 290 g/mol. The van der Waals surface area contributed by atoms with Gasteiger partial charge in [-0.1, -0.05) is 0 Å². The van der Waals surface area contributed by atoms with Gasteiger partial charge in [-0.05, 0) is 32.9 Å². The molecule has 1 atom stereocenters. The summed E-state index contributed by atoms with van der Waals surface area (Å²) in [5.74, 6) is 0. The maximum atomic E-state index is 11.7. The first-order chi connectivity index (χ1) is 10.2. The number of benzene rings is 1. The molecule has 120 valence electrons. The number of nitro benzene ring substituents is 1. The van der Waals surface area contributed by atoms with Crippen LogP contribution < -0.4 is 0 Å². The zero-order valence-electron chi connectivity index (χ0n) is 12.8. The molecule has 0 saturated carbocycles. The SMILES string of the molecule is CC(C)(C)N1COCC(c2ccc([N+](=O)[O-])cc2)([N+](=O)[O-])C1. The van der Waals surface area contributed by atoms with Crippen LogP contribution in [-0.4, -0.2) is 40.2 Å². The summed E-state index contributed by atoms with van der Waals surface area (Å²) in [5, 5.41) is 22.5. The number of hydrogen-bond acceptors (Lipinski definition) is 6. The number of hydrogen-bond donors (Lipinski definition) is 0. The molecule has 2 rings (SSSR count). The minimum Gasteiger partial charge on any atom is -0.358 e. The average molecular weight is 309 g/mol. The average Bonchev–Trinajstić information content (AvgIpc) is 2.46. The lowest BCUT2D eigenvalue weighted by atomic mass is 9.88. The Morgan fingerprint density at radius 2 is 1.77 bits per heavy atom. The molecule has 8 heteroatoms. The number of non-ortho nitro benzene ring substituents is 1. The molecule has 1 heterocycles. The standard InChI is InChI=1S/C14H19N3O5/c1-13(2,3)15-8-14(17(20)21,9-22-10-15)11-4-6-12(7-5-11)16(18)19/h4-7H,8-10H2,1-3H3. The van der Waals surface area contributed by atoms with E-state index in [4.69, 9.17) is 4.74 Å². The molecule has 0 aromatic heterocycles. The van der Waals surface area contributed by atoms with Crippen molar-refractivity contribution >= 4 is 5.69 Å². The lowest BCUT2D eigenvalue weighted by Gasteiger charge is -2.43. The van der Waals surface area contributed by atoms with Crippen molar-refractivity contribution in [1.82, 2.24) is 4.90 Å². The highest BCUT2D eigenvalue weighted by molar-refractivity contribution is 5.36. The summed E-state index contributed by atoms with van der Waals surface area (Å²) in [6.07, 6.45) is 0. The Morgan fingerprint density at radius 3 is 2.23 bits per heavy atom. The first kappa shape index (κ1) is 16.3. The van der Waals surface area contributed by atoms with Crippen LogP contribution in [0, 0.1) is 20.2 Å². The van der Waals surface area contributed by atoms with Crippen LogP contribution in [0.25, 0.3) is 0 Å². The van der Waals surface area contributed by atoms with E-state index in [1.54, 1.807) is 0 Å². The molecule has 8 nitrogen and oxygen atoms in total. The van der Waals surface area contributed by atoms with Gasteiger partial charge in [0, 0.05) is 28.2 Å². The number of nitro groups is 2. The summed E-state index contributed by atoms with van der Waals surface area (Å²) in [6, 6.07) is 5.46. The zero-order chi connectivity index (χ0) is 16.5. The molecule has 1 fully saturated rings. The molecule has 0 spiro atoms. The fourth-order valence-electron chi connectivity index (χ4n) is 2.45. The van der Waals surface area contributed by atoms with Crippen molar-refractivity contribution in [3.63, 3.8) is 0 Å². The van der Waals surface area contributed by atoms with Crippen molar-refractivity contribution in [3.05, 3.63) is 50.1 Å². The van der Waals surface area contributed by atoms with Gasteiger partial charge in [0.1, 0.15) is 13.3 Å². The van der Waals surface area contributed by atoms with Gasteiger partial charge in [0.25, 0.3) is 11.2 Å². The predicted molar refractivity (Wildman–Crippen MR) is 79.0 cm³/mol. The van der Waals surface area contributed by atoms with E-state index < -0.39 is 10.5 Å². The molecule has 0 bridgehead atoms. The van der Waals surface area contributed by atoms with Crippen molar-refractivity contribution in [1.29, 1.82) is 0 Å². The van der Waals surface area contributed by atoms with Crippen LogP contribution in [0.3, 0.4) is 0 Å². The summed E-state index contributed by atoms with van der Waals surface area (Å²) in [7, 11) is 0. The van der Waals surface area contributed by atoms with Gasteiger partial charge in [-0.2, -0.15) is 0 Å². The maximum Gasteiger partial charge on any atom is 0.282 e. The van der Waals surface area contributed by atoms with Gasteiger partial charge in [0.2, 0.25) is 0 Å². The van der Waals surface area contributed by atoms with E-state index in [1.165, 1.54) is 24.3 Å². The van der Waals surface area contributed by atoms with Crippen LogP contribution in [0.15, 0.2) is 24.3 Å². The second-order valence-corrected chi connectivity index (χ2v) is 6.44. The van der Waals surface area contributed by atoms with Crippen molar-refractivity contribution in [2.24, 2.45) is 0 Å². The second-order valence-electron chi connectivity index (χ2n) is 6.44. The van der Waals surface area contributed by atoms with Crippen molar-refractivity contribution in [2.45, 2.75) is 31.8 Å². The molecule has 0 amide bonds. The summed E-state index contributed by atoms with van der Waals surface area (Å²) in [5.41, 5.74) is -1.37. The van der Waals surface area contributed by atoms with Crippen molar-refractivity contribution < 1.29 is 14.6 Å². The topological polar surface area (TPSA) is 98.8 Å². The van der Waals surface area contributed by atoms with E-state index >= 15 is 0 Å². The van der Waals surface area contributed by atoms with Gasteiger partial charge >= 0.3 is 0 Å². The minimum absolute atomic E-state index is 0.0512. The largest absolute Gasteiger partial charge is 0.358 e. The van der Waals surface area contributed by atoms with Crippen LogP contribution in [0.5, 0.6) is 0 Å². The number of ether oxygens (including phenoxy) is 1. The molecular formula is C14H19N3O5. The molecule has 1 aliphatic heterocycles. The first-order valence-corrected chi connectivity index (χ1v) is 6.89. The molecule has 1 aromatic rings. The monoisotopic (exact) mass is 309 g/mol. The smallest absolute Gasteiger partial charge is 0.282 e. The van der Waals surface area contributed by atoms with Crippen LogP contribution in [0.2, 0.25) is 0 Å². The van der Waals surface area contributed by atoms with Crippen LogP contribution >= 0.6 is 0 Å². The third-order valence-corrected chi connectivity index (χ3v) is 3.95. The minimum atomic E-state index is -1.42. The van der Waals surface area contributed by atoms with Gasteiger partial charge in [-0.25, -0.2) is 0 Å². The van der Waals surface area contributed by atoms with E-state index in [2.05, 4.69) is 0 Å². The van der Waals surface area contributed by atoms with E-state index in [9.17, 15) is 20.2 Å². The summed E-state index contributed by atoms with van der Waals surface area (Å²) >= 11 is 0. The van der Waals surface area contributed by atoms with Crippen LogP contribution in [0.1, 0.15) is 26.3 Å². The van der Waals surface area contributed by atoms with Gasteiger partial charge in [-0.3, -0.25) is 25.1 Å². The van der Waals surface area contributed by atoms with Gasteiger partial charge in [0.15, 0.2) is 0 Å². The van der Waals surface area contributed by atoms with Crippen molar-refractivity contribution in [2.75, 3.05) is 19.9 Å². The fraction of sp³-hybridized carbons (Fsp3) is 0.571. The second kappa shape index (κ2) is 5.62. The van der Waals surface area contributed by atoms with Gasteiger partial charge < -0.3 is 4.74 Å². The van der Waals surface area contributed by atoms with E-state index in [1.807, 2.05) is 25.7 Å². The highest BCUT2D eigenvalue weighted by Gasteiger charge is 2.51. The fourth-order valence-corrected chi connectivity index (χ4v) is 2.45. The zero-order valence-corrected chi connectivity index (χ0v) is 12.8. The summed E-state index contributed by atoms with van der Waals surface area (Å²) < 4.78 is 5.47. The van der Waals surface area contributed by atoms with Gasteiger partial charge in [0.05, 0.1) is 11.5 Å². The Kier molecular flexibility index (Phi) is 4.17. The molecule has 0 N–H and O–H groups in total. The Bertz CT molecular complexity index is 581. The van der Waals surface area contributed by atoms with Crippen LogP contribution in [-0.2, 0) is 10.3 Å². The maximum absolute atomic E-state index is 11.7. The quantitative estimate of drug-likeness (QED) is 0.626. The lowest BCUT2D eigenvalue weighted by Crippen LogP contribution is -2.59. The Hall–Kier alpha value is -2.06. The molecule has 0 radical (unpaired) electrons. The summed E-state index contributed by atoms with van der Waals surface area (Å²) in [6.45, 7) is 6.35. The van der Waals surface area contributed by atoms with E-state index in [0.717, 1.165) is 0 Å². The number of nitrogens with zero attached hydrogens (tertiary/aromatic N) is 3. The number of rotatable bonds is 3. The highest BCUT2D eigenvalue weighted by Crippen LogP contribution is 2.33. The molecule has 1 aromatic carbocycles. The normalized spacial score (nSPS) is 23.2. The van der Waals surface area contributed by atoms with Gasteiger partial charge in [-0.15, -0.1) is 0 Å². The lowest BCUT2D eigenvalue weighted by molar-refractivity contribution is -0.591. The third-order valence-electron chi connectivity index (χ3n) is 3.95. The molecule has 1 saturated heterocycles. The molecule has 0 aliphatic carbocycles. The highest BCUT2D eigenvalue weighted by atomic mass is 16.6. The Balaban J connectivity index is 2.40. The van der Waals surface area contributed by atoms with E-state index in [0.29, 0.717) is 12.3 Å². The third kappa shape index (κ3) is 2.93. The Labute approximate surface area is 128 Å². The Morgan fingerprint density at radius 1 is 1.18 bits per heavy atom. The van der Waals surface area contributed by atoms with Crippen LogP contribution in [0.4, 0.5) is 5.69 Å². The predicted octanol–water partition coefficient (Wildman–Crippen LogP) is 2.16. The molecule has 1 unspecified atom stereocenters. The van der Waals surface area contributed by atoms with E-state index in [-0.39, 0.29) is 29.3 Å². The van der Waals surface area contributed by atoms with Crippen molar-refractivity contribution in [3.8, 4) is 0 Å². The molecule has 1 aliphatic rings. The molecule has 22 heavy (non-hydrogen) atoms. The summed E-state index contributed by atoms with van der Waals surface area (Å²) in [4.78, 5) is 23.5.